The van der Waals surface area contributed by atoms with Crippen LogP contribution >= 0.6 is 0 Å². The fourth-order valence-electron chi connectivity index (χ4n) is 0.554. The Morgan fingerprint density at radius 2 is 1.50 bits per heavy atom. The monoisotopic (exact) mass is 170 g/mol. The summed E-state index contributed by atoms with van der Waals surface area (Å²) in [5.41, 5.74) is 0. The van der Waals surface area contributed by atoms with Crippen molar-refractivity contribution in [1.29, 1.82) is 0 Å². The molecule has 0 unspecified atom stereocenters. The van der Waals surface area contributed by atoms with Gasteiger partial charge in [-0.2, -0.15) is 0 Å². The van der Waals surface area contributed by atoms with E-state index in [4.69, 9.17) is 9.47 Å². The van der Waals surface area contributed by atoms with Gasteiger partial charge in [-0.1, -0.05) is 12.2 Å². The fourth-order valence-corrected chi connectivity index (χ4v) is 0.554. The van der Waals surface area contributed by atoms with Crippen LogP contribution in [0.15, 0.2) is 25.3 Å². The molecule has 0 aliphatic rings. The first-order chi connectivity index (χ1) is 5.81. The third-order valence-corrected chi connectivity index (χ3v) is 0.998. The average molecular weight is 170 g/mol. The minimum Gasteiger partial charge on any atom is -0.370 e. The smallest absolute Gasteiger partial charge is 0.184 e. The highest BCUT2D eigenvalue weighted by molar-refractivity contribution is 5.80. The van der Waals surface area contributed by atoms with Crippen LogP contribution in [0.2, 0.25) is 0 Å². The zero-order chi connectivity index (χ0) is 9.23. The van der Waals surface area contributed by atoms with Crippen LogP contribution in [0.1, 0.15) is 0 Å². The summed E-state index contributed by atoms with van der Waals surface area (Å²) >= 11 is 0. The minimum atomic E-state index is -0.0706. The Balaban J connectivity index is 3.21. The molecular weight excluding hydrogens is 156 g/mol. The lowest BCUT2D eigenvalue weighted by Crippen LogP contribution is -2.15. The number of ketones is 1. The van der Waals surface area contributed by atoms with E-state index in [0.717, 1.165) is 0 Å². The van der Waals surface area contributed by atoms with Crippen LogP contribution in [0.5, 0.6) is 0 Å². The maximum atomic E-state index is 10.9. The highest BCUT2D eigenvalue weighted by Crippen LogP contribution is 1.81. The van der Waals surface area contributed by atoms with Crippen molar-refractivity contribution in [2.24, 2.45) is 0 Å². The molecule has 0 saturated heterocycles. The second-order valence-electron chi connectivity index (χ2n) is 2.15. The quantitative estimate of drug-likeness (QED) is 0.402. The molecule has 0 amide bonds. The van der Waals surface area contributed by atoms with Crippen LogP contribution in [0.25, 0.3) is 0 Å². The summed E-state index contributed by atoms with van der Waals surface area (Å²) in [7, 11) is 0. The highest BCUT2D eigenvalue weighted by Gasteiger charge is 1.99. The van der Waals surface area contributed by atoms with E-state index in [9.17, 15) is 4.79 Å². The lowest BCUT2D eigenvalue weighted by atomic mass is 10.4. The fraction of sp³-hybridized carbons (Fsp3) is 0.444. The summed E-state index contributed by atoms with van der Waals surface area (Å²) in [5, 5.41) is 0. The Labute approximate surface area is 72.7 Å². The molecule has 0 saturated carbocycles. The van der Waals surface area contributed by atoms with Gasteiger partial charge in [0.2, 0.25) is 0 Å². The summed E-state index contributed by atoms with van der Waals surface area (Å²) in [6.07, 6.45) is 3.19. The van der Waals surface area contributed by atoms with Crippen molar-refractivity contribution in [3.05, 3.63) is 25.3 Å². The topological polar surface area (TPSA) is 35.5 Å². The van der Waals surface area contributed by atoms with Gasteiger partial charge in [0.1, 0.15) is 13.2 Å². The molecule has 3 heteroatoms. The molecule has 0 fully saturated rings. The largest absolute Gasteiger partial charge is 0.370 e. The van der Waals surface area contributed by atoms with Gasteiger partial charge in [0.15, 0.2) is 5.78 Å². The van der Waals surface area contributed by atoms with E-state index < -0.39 is 0 Å². The highest BCUT2D eigenvalue weighted by atomic mass is 16.5. The molecule has 0 aliphatic heterocycles. The van der Waals surface area contributed by atoms with Crippen LogP contribution in [-0.4, -0.2) is 32.2 Å². The zero-order valence-electron chi connectivity index (χ0n) is 7.12. The van der Waals surface area contributed by atoms with Crippen molar-refractivity contribution in [2.45, 2.75) is 0 Å². The van der Waals surface area contributed by atoms with E-state index in [0.29, 0.717) is 13.2 Å². The van der Waals surface area contributed by atoms with Gasteiger partial charge < -0.3 is 9.47 Å². The standard InChI is InChI=1S/C9H14O3/c1-3-5-11-7-9(10)8-12-6-4-2/h3-4H,1-2,5-8H2. The number of carbonyl (C=O) groups is 1. The molecule has 0 aromatic carbocycles. The molecule has 0 aromatic heterocycles. The van der Waals surface area contributed by atoms with Gasteiger partial charge in [0, 0.05) is 0 Å². The summed E-state index contributed by atoms with van der Waals surface area (Å²) in [6, 6.07) is 0. The number of ether oxygens (including phenoxy) is 2. The SMILES string of the molecule is C=CCOCC(=O)COCC=C. The maximum Gasteiger partial charge on any atom is 0.184 e. The first-order valence-electron chi connectivity index (χ1n) is 3.70. The first-order valence-corrected chi connectivity index (χ1v) is 3.70. The van der Waals surface area contributed by atoms with Crippen molar-refractivity contribution in [3.63, 3.8) is 0 Å². The van der Waals surface area contributed by atoms with Crippen molar-refractivity contribution in [2.75, 3.05) is 26.4 Å². The van der Waals surface area contributed by atoms with Crippen LogP contribution in [0.3, 0.4) is 0 Å². The molecule has 0 spiro atoms. The van der Waals surface area contributed by atoms with E-state index in [1.807, 2.05) is 0 Å². The predicted molar refractivity (Wildman–Crippen MR) is 47.0 cm³/mol. The summed E-state index contributed by atoms with van der Waals surface area (Å²) < 4.78 is 9.80. The summed E-state index contributed by atoms with van der Waals surface area (Å²) in [4.78, 5) is 10.9. The Morgan fingerprint density at radius 1 is 1.08 bits per heavy atom. The van der Waals surface area contributed by atoms with Gasteiger partial charge in [0.05, 0.1) is 13.2 Å². The van der Waals surface area contributed by atoms with E-state index >= 15 is 0 Å². The lowest BCUT2D eigenvalue weighted by molar-refractivity contribution is -0.127. The number of Topliss-reactive ketones (excluding diaryl/α,β-unsaturated/α-hetero) is 1. The third kappa shape index (κ3) is 7.18. The lowest BCUT2D eigenvalue weighted by Gasteiger charge is -2.00. The molecular formula is C9H14O3. The number of rotatable bonds is 8. The zero-order valence-corrected chi connectivity index (χ0v) is 7.12. The Bertz CT molecular complexity index is 136. The molecule has 0 aromatic rings. The molecule has 0 atom stereocenters. The summed E-state index contributed by atoms with van der Waals surface area (Å²) in [5.74, 6) is -0.0706. The molecule has 0 aliphatic carbocycles. The molecule has 68 valence electrons. The summed E-state index contributed by atoms with van der Waals surface area (Å²) in [6.45, 7) is 7.87. The average Bonchev–Trinajstić information content (AvgIpc) is 2.06. The van der Waals surface area contributed by atoms with Crippen molar-refractivity contribution in [1.82, 2.24) is 0 Å². The first kappa shape index (κ1) is 11.1. The minimum absolute atomic E-state index is 0.0706. The molecule has 12 heavy (non-hydrogen) atoms. The van der Waals surface area contributed by atoms with Crippen molar-refractivity contribution in [3.8, 4) is 0 Å². The number of hydrogen-bond acceptors (Lipinski definition) is 3. The third-order valence-electron chi connectivity index (χ3n) is 0.998. The van der Waals surface area contributed by atoms with Crippen LogP contribution in [0.4, 0.5) is 0 Å². The van der Waals surface area contributed by atoms with E-state index in [2.05, 4.69) is 13.2 Å². The van der Waals surface area contributed by atoms with Crippen molar-refractivity contribution < 1.29 is 14.3 Å². The van der Waals surface area contributed by atoms with Gasteiger partial charge in [0.25, 0.3) is 0 Å². The number of carbonyl (C=O) groups excluding carboxylic acids is 1. The predicted octanol–water partition coefficient (Wildman–Crippen LogP) is 0.961. The van der Waals surface area contributed by atoms with Crippen LogP contribution in [-0.2, 0) is 14.3 Å². The van der Waals surface area contributed by atoms with Crippen LogP contribution in [0, 0.1) is 0 Å². The Hall–Kier alpha value is -0.930. The second-order valence-corrected chi connectivity index (χ2v) is 2.15. The molecule has 0 heterocycles. The molecule has 0 N–H and O–H groups in total. The normalized spacial score (nSPS) is 9.33. The number of hydrogen-bond donors (Lipinski definition) is 0. The van der Waals surface area contributed by atoms with Gasteiger partial charge in [-0.15, -0.1) is 13.2 Å². The van der Waals surface area contributed by atoms with E-state index in [1.54, 1.807) is 12.2 Å². The van der Waals surface area contributed by atoms with Gasteiger partial charge in [-0.3, -0.25) is 4.79 Å². The Morgan fingerprint density at radius 3 is 1.83 bits per heavy atom. The second kappa shape index (κ2) is 8.17. The molecule has 3 nitrogen and oxygen atoms in total. The van der Waals surface area contributed by atoms with E-state index in [-0.39, 0.29) is 19.0 Å². The molecule has 0 bridgehead atoms. The van der Waals surface area contributed by atoms with Gasteiger partial charge in [-0.25, -0.2) is 0 Å². The van der Waals surface area contributed by atoms with Gasteiger partial charge in [-0.05, 0) is 0 Å². The molecule has 0 rings (SSSR count). The molecule has 0 radical (unpaired) electrons. The van der Waals surface area contributed by atoms with E-state index in [1.165, 1.54) is 0 Å². The van der Waals surface area contributed by atoms with Crippen LogP contribution < -0.4 is 0 Å². The maximum absolute atomic E-state index is 10.9. The van der Waals surface area contributed by atoms with Crippen molar-refractivity contribution >= 4 is 5.78 Å². The Kier molecular flexibility index (Phi) is 7.54. The van der Waals surface area contributed by atoms with Gasteiger partial charge >= 0.3 is 0 Å².